The maximum Gasteiger partial charge on any atom is 0.488 e. The van der Waals surface area contributed by atoms with Gasteiger partial charge >= 0.3 is 13.2 Å². The molecule has 1 unspecified atom stereocenters. The number of rotatable bonds is 5. The van der Waals surface area contributed by atoms with Crippen LogP contribution in [0.5, 0.6) is 5.75 Å². The molecule has 0 aromatic heterocycles. The van der Waals surface area contributed by atoms with Crippen molar-refractivity contribution in [1.29, 1.82) is 0 Å². The first-order valence-corrected chi connectivity index (χ1v) is 6.76. The van der Waals surface area contributed by atoms with Crippen LogP contribution in [0.4, 0.5) is 4.79 Å². The molecular weight excluding hydrogens is 273 g/mol. The molecule has 1 rings (SSSR count). The average Bonchev–Trinajstić information content (AvgIpc) is 2.34. The standard InChI is InChI=1S/C14H22BNO5/c1-10(16-13(17)21-14(2,3)4)9-20-12-7-5-11(6-8-12)15(18)19/h5-8,10,18-19H,9H2,1-4H3,(H,16,17). The Morgan fingerprint density at radius 3 is 2.33 bits per heavy atom. The SMILES string of the molecule is CC(COc1ccc(B(O)O)cc1)NC(=O)OC(C)(C)C. The third-order valence-electron chi connectivity index (χ3n) is 2.44. The van der Waals surface area contributed by atoms with Gasteiger partial charge in [-0.2, -0.15) is 0 Å². The van der Waals surface area contributed by atoms with Gasteiger partial charge in [-0.25, -0.2) is 4.79 Å². The van der Waals surface area contributed by atoms with Gasteiger partial charge in [0.2, 0.25) is 0 Å². The summed E-state index contributed by atoms with van der Waals surface area (Å²) in [5.74, 6) is 0.581. The van der Waals surface area contributed by atoms with Gasteiger partial charge in [0.1, 0.15) is 18.0 Å². The Balaban J connectivity index is 2.39. The quantitative estimate of drug-likeness (QED) is 0.694. The third-order valence-corrected chi connectivity index (χ3v) is 2.44. The van der Waals surface area contributed by atoms with Crippen LogP contribution < -0.4 is 15.5 Å². The smallest absolute Gasteiger partial charge is 0.488 e. The summed E-state index contributed by atoms with van der Waals surface area (Å²) >= 11 is 0. The number of ether oxygens (including phenoxy) is 2. The van der Waals surface area contributed by atoms with Crippen LogP contribution in [0, 0.1) is 0 Å². The first kappa shape index (κ1) is 17.3. The van der Waals surface area contributed by atoms with Crippen molar-refractivity contribution in [2.24, 2.45) is 0 Å². The molecule has 1 aromatic rings. The van der Waals surface area contributed by atoms with Gasteiger partial charge < -0.3 is 24.8 Å². The second kappa shape index (κ2) is 7.33. The zero-order chi connectivity index (χ0) is 16.0. The Morgan fingerprint density at radius 1 is 1.29 bits per heavy atom. The van der Waals surface area contributed by atoms with Crippen molar-refractivity contribution in [2.45, 2.75) is 39.3 Å². The van der Waals surface area contributed by atoms with E-state index in [-0.39, 0.29) is 12.6 Å². The van der Waals surface area contributed by atoms with Gasteiger partial charge in [-0.05, 0) is 45.3 Å². The fraction of sp³-hybridized carbons (Fsp3) is 0.500. The second-order valence-electron chi connectivity index (χ2n) is 5.80. The summed E-state index contributed by atoms with van der Waals surface area (Å²) in [5.41, 5.74) is -0.145. The van der Waals surface area contributed by atoms with Gasteiger partial charge in [-0.15, -0.1) is 0 Å². The first-order chi connectivity index (χ1) is 9.67. The van der Waals surface area contributed by atoms with Gasteiger partial charge in [-0.3, -0.25) is 0 Å². The Bertz CT molecular complexity index is 455. The number of carbonyl (C=O) groups is 1. The molecule has 0 fully saturated rings. The zero-order valence-electron chi connectivity index (χ0n) is 12.8. The molecule has 6 nitrogen and oxygen atoms in total. The van der Waals surface area contributed by atoms with Crippen molar-refractivity contribution in [3.63, 3.8) is 0 Å². The molecule has 0 saturated carbocycles. The molecule has 1 amide bonds. The average molecular weight is 295 g/mol. The lowest BCUT2D eigenvalue weighted by Crippen LogP contribution is -2.40. The summed E-state index contributed by atoms with van der Waals surface area (Å²) in [7, 11) is -1.49. The van der Waals surface area contributed by atoms with E-state index in [1.165, 1.54) is 0 Å². The minimum absolute atomic E-state index is 0.219. The van der Waals surface area contributed by atoms with Gasteiger partial charge in [0.25, 0.3) is 0 Å². The molecule has 0 radical (unpaired) electrons. The van der Waals surface area contributed by atoms with Crippen molar-refractivity contribution >= 4 is 18.7 Å². The van der Waals surface area contributed by atoms with Crippen LogP contribution in [0.1, 0.15) is 27.7 Å². The number of nitrogens with one attached hydrogen (secondary N) is 1. The molecule has 1 atom stereocenters. The van der Waals surface area contributed by atoms with Crippen molar-refractivity contribution in [3.8, 4) is 5.75 Å². The number of alkyl carbamates (subject to hydrolysis) is 1. The predicted octanol–water partition coefficient (Wildman–Crippen LogP) is 0.658. The van der Waals surface area contributed by atoms with Crippen LogP contribution in [0.2, 0.25) is 0 Å². The Labute approximate surface area is 125 Å². The monoisotopic (exact) mass is 295 g/mol. The minimum atomic E-state index is -1.49. The fourth-order valence-electron chi connectivity index (χ4n) is 1.51. The molecule has 0 bridgehead atoms. The summed E-state index contributed by atoms with van der Waals surface area (Å²) in [6.45, 7) is 7.47. The molecule has 0 aliphatic carbocycles. The Hall–Kier alpha value is -1.73. The van der Waals surface area contributed by atoms with Gasteiger partial charge in [-0.1, -0.05) is 12.1 Å². The largest absolute Gasteiger partial charge is 0.491 e. The van der Waals surface area contributed by atoms with Crippen LogP contribution in [-0.2, 0) is 4.74 Å². The highest BCUT2D eigenvalue weighted by Gasteiger charge is 2.18. The van der Waals surface area contributed by atoms with Gasteiger partial charge in [0, 0.05) is 0 Å². The van der Waals surface area contributed by atoms with Crippen LogP contribution in [0.15, 0.2) is 24.3 Å². The molecule has 21 heavy (non-hydrogen) atoms. The lowest BCUT2D eigenvalue weighted by molar-refractivity contribution is 0.0494. The Kier molecular flexibility index (Phi) is 6.05. The van der Waals surface area contributed by atoms with E-state index in [4.69, 9.17) is 19.5 Å². The summed E-state index contributed by atoms with van der Waals surface area (Å²) in [6, 6.07) is 6.17. The van der Waals surface area contributed by atoms with E-state index >= 15 is 0 Å². The Morgan fingerprint density at radius 2 is 1.86 bits per heavy atom. The second-order valence-corrected chi connectivity index (χ2v) is 5.80. The van der Waals surface area contributed by atoms with Gasteiger partial charge in [0.05, 0.1) is 6.04 Å². The predicted molar refractivity (Wildman–Crippen MR) is 80.6 cm³/mol. The molecule has 3 N–H and O–H groups in total. The maximum absolute atomic E-state index is 11.6. The van der Waals surface area contributed by atoms with E-state index in [0.29, 0.717) is 11.2 Å². The molecule has 1 aromatic carbocycles. The van der Waals surface area contributed by atoms with E-state index in [1.54, 1.807) is 52.0 Å². The van der Waals surface area contributed by atoms with E-state index < -0.39 is 18.8 Å². The summed E-state index contributed by atoms with van der Waals surface area (Å²) in [4.78, 5) is 11.6. The maximum atomic E-state index is 11.6. The molecule has 0 aliphatic rings. The van der Waals surface area contributed by atoms with Crippen molar-refractivity contribution in [2.75, 3.05) is 6.61 Å². The number of benzene rings is 1. The van der Waals surface area contributed by atoms with Crippen LogP contribution in [0.25, 0.3) is 0 Å². The molecule has 116 valence electrons. The van der Waals surface area contributed by atoms with Crippen LogP contribution >= 0.6 is 0 Å². The van der Waals surface area contributed by atoms with Crippen molar-refractivity contribution in [1.82, 2.24) is 5.32 Å². The number of hydrogen-bond donors (Lipinski definition) is 3. The van der Waals surface area contributed by atoms with E-state index in [2.05, 4.69) is 5.32 Å². The minimum Gasteiger partial charge on any atom is -0.491 e. The van der Waals surface area contributed by atoms with Crippen LogP contribution in [0.3, 0.4) is 0 Å². The van der Waals surface area contributed by atoms with Gasteiger partial charge in [0.15, 0.2) is 0 Å². The highest BCUT2D eigenvalue weighted by Crippen LogP contribution is 2.09. The number of carbonyl (C=O) groups excluding carboxylic acids is 1. The molecule has 7 heteroatoms. The summed E-state index contributed by atoms with van der Waals surface area (Å²) in [6.07, 6.45) is -0.489. The molecule has 0 saturated heterocycles. The zero-order valence-corrected chi connectivity index (χ0v) is 12.8. The lowest BCUT2D eigenvalue weighted by Gasteiger charge is -2.22. The number of hydrogen-bond acceptors (Lipinski definition) is 5. The summed E-state index contributed by atoms with van der Waals surface area (Å²) < 4.78 is 10.6. The van der Waals surface area contributed by atoms with E-state index in [9.17, 15) is 4.79 Å². The topological polar surface area (TPSA) is 88.0 Å². The molecule has 0 aliphatic heterocycles. The van der Waals surface area contributed by atoms with Crippen LogP contribution in [-0.4, -0.2) is 41.5 Å². The lowest BCUT2D eigenvalue weighted by atomic mass is 9.80. The van der Waals surface area contributed by atoms with Crippen molar-refractivity contribution < 1.29 is 24.3 Å². The molecular formula is C14H22BNO5. The van der Waals surface area contributed by atoms with Crippen molar-refractivity contribution in [3.05, 3.63) is 24.3 Å². The fourth-order valence-corrected chi connectivity index (χ4v) is 1.51. The van der Waals surface area contributed by atoms with E-state index in [1.807, 2.05) is 0 Å². The highest BCUT2D eigenvalue weighted by atomic mass is 16.6. The highest BCUT2D eigenvalue weighted by molar-refractivity contribution is 6.58. The normalized spacial score (nSPS) is 12.5. The third kappa shape index (κ3) is 7.01. The first-order valence-electron chi connectivity index (χ1n) is 6.76. The molecule has 0 heterocycles. The van der Waals surface area contributed by atoms with E-state index in [0.717, 1.165) is 0 Å². The number of amides is 1. The summed E-state index contributed by atoms with van der Waals surface area (Å²) in [5, 5.41) is 20.6. The molecule has 0 spiro atoms.